The van der Waals surface area contributed by atoms with Gasteiger partial charge in [0.2, 0.25) is 5.91 Å². The number of carbonyl (C=O) groups excluding carboxylic acids is 2. The summed E-state index contributed by atoms with van der Waals surface area (Å²) >= 11 is 0. The maximum absolute atomic E-state index is 14.3. The van der Waals surface area contributed by atoms with E-state index < -0.39 is 18.1 Å². The van der Waals surface area contributed by atoms with Crippen LogP contribution in [0.1, 0.15) is 63.4 Å². The van der Waals surface area contributed by atoms with Crippen molar-refractivity contribution in [3.8, 4) is 16.9 Å². The minimum atomic E-state index is -0.763. The second-order valence-corrected chi connectivity index (χ2v) is 14.6. The number of hydroxylamine groups is 2. The van der Waals surface area contributed by atoms with Gasteiger partial charge in [0, 0.05) is 62.0 Å². The summed E-state index contributed by atoms with van der Waals surface area (Å²) in [7, 11) is 7.14. The molecule has 1 saturated heterocycles. The van der Waals surface area contributed by atoms with Crippen LogP contribution in [0.3, 0.4) is 0 Å². The maximum atomic E-state index is 14.3. The number of carbonyl (C=O) groups is 2. The molecular weight excluding hydrogens is 594 g/mol. The highest BCUT2D eigenvalue weighted by Gasteiger charge is 2.57. The average molecular weight is 650 g/mol. The van der Waals surface area contributed by atoms with E-state index in [1.54, 1.807) is 26.1 Å². The summed E-state index contributed by atoms with van der Waals surface area (Å²) in [6.45, 7) is 12.3. The van der Waals surface area contributed by atoms with Gasteiger partial charge in [0.05, 0.1) is 25.9 Å². The van der Waals surface area contributed by atoms with E-state index in [2.05, 4.69) is 36.7 Å². The fraction of sp³-hybridized carbons (Fsp3) is 0.622. The number of hydrogen-bond acceptors (Lipinski definition) is 8. The zero-order valence-electron chi connectivity index (χ0n) is 29.6. The van der Waals surface area contributed by atoms with Crippen LogP contribution in [0.15, 0.2) is 36.4 Å². The van der Waals surface area contributed by atoms with Gasteiger partial charge in [0.25, 0.3) is 5.91 Å². The van der Waals surface area contributed by atoms with Gasteiger partial charge >= 0.3 is 0 Å². The second-order valence-electron chi connectivity index (χ2n) is 14.6. The molecule has 0 unspecified atom stereocenters. The normalized spacial score (nSPS) is 28.7. The lowest BCUT2D eigenvalue weighted by Gasteiger charge is -2.62. The SMILES string of the molecule is CCNC[C@@H]1ON(Cc2cccc(-c3cc(C(=O)NC)cc(N(C)C)c3)c2OC)[C@H](C(=O)N[C@H]2C[C@@H]3C[C@H]([C@@H]2C)C3(C)C)[C@@H]1[C@H](C)O. The van der Waals surface area contributed by atoms with E-state index in [0.717, 1.165) is 35.3 Å². The monoisotopic (exact) mass is 649 g/mol. The summed E-state index contributed by atoms with van der Waals surface area (Å²) in [4.78, 5) is 35.5. The molecule has 0 spiro atoms. The van der Waals surface area contributed by atoms with Gasteiger partial charge in [-0.05, 0) is 73.2 Å². The number of benzene rings is 2. The first-order valence-electron chi connectivity index (χ1n) is 17.2. The standard InChI is InChI=1S/C37H55N5O5/c1-10-39-19-31-32(22(3)43)33(36(45)40-30-18-26-17-29(21(30)2)37(26,4)5)42(47-31)20-23-12-11-13-28(34(23)46-9)24-14-25(35(44)38-6)16-27(15-24)41(7)8/h11-16,21-22,26,29-33,39,43H,10,17-20H2,1-9H3,(H,38,44)(H,40,45)/t21-,22-,26-,29+,30-,31-,32+,33-/m0/s1. The number of likely N-dealkylation sites (N-methyl/N-ethyl adjacent to an activating group) is 1. The van der Waals surface area contributed by atoms with Gasteiger partial charge in [-0.1, -0.05) is 45.9 Å². The van der Waals surface area contributed by atoms with Gasteiger partial charge in [0.15, 0.2) is 0 Å². The maximum Gasteiger partial charge on any atom is 0.251 e. The Morgan fingerprint density at radius 1 is 1.19 bits per heavy atom. The molecule has 10 heteroatoms. The van der Waals surface area contributed by atoms with Crippen LogP contribution in [0.5, 0.6) is 5.75 Å². The Morgan fingerprint density at radius 2 is 1.94 bits per heavy atom. The minimum Gasteiger partial charge on any atom is -0.496 e. The van der Waals surface area contributed by atoms with Gasteiger partial charge in [0.1, 0.15) is 11.8 Å². The molecular formula is C37H55N5O5. The highest BCUT2D eigenvalue weighted by Crippen LogP contribution is 2.61. The van der Waals surface area contributed by atoms with Crippen LogP contribution in [-0.4, -0.2) is 87.6 Å². The zero-order valence-corrected chi connectivity index (χ0v) is 29.6. The Balaban J connectivity index is 1.48. The molecule has 4 fully saturated rings. The highest BCUT2D eigenvalue weighted by atomic mass is 16.7. The predicted octanol–water partition coefficient (Wildman–Crippen LogP) is 4.07. The van der Waals surface area contributed by atoms with Crippen molar-refractivity contribution < 1.29 is 24.3 Å². The fourth-order valence-corrected chi connectivity index (χ4v) is 8.44. The molecule has 10 nitrogen and oxygen atoms in total. The van der Waals surface area contributed by atoms with E-state index >= 15 is 0 Å². The number of anilines is 1. The molecule has 2 aromatic carbocycles. The molecule has 2 aromatic rings. The summed E-state index contributed by atoms with van der Waals surface area (Å²) in [6, 6.07) is 11.1. The number of aliphatic hydroxyl groups excluding tert-OH is 1. The van der Waals surface area contributed by atoms with E-state index in [9.17, 15) is 14.7 Å². The van der Waals surface area contributed by atoms with Gasteiger partial charge in [-0.2, -0.15) is 5.06 Å². The number of rotatable bonds is 12. The van der Waals surface area contributed by atoms with Crippen LogP contribution in [0.4, 0.5) is 5.69 Å². The van der Waals surface area contributed by atoms with Gasteiger partial charge in [-0.25, -0.2) is 0 Å². The number of aliphatic hydroxyl groups is 1. The lowest BCUT2D eigenvalue weighted by Crippen LogP contribution is -2.62. The van der Waals surface area contributed by atoms with Crippen LogP contribution in [0.2, 0.25) is 0 Å². The molecule has 1 heterocycles. The molecule has 2 bridgehead atoms. The molecule has 3 aliphatic carbocycles. The quantitative estimate of drug-likeness (QED) is 0.272. The van der Waals surface area contributed by atoms with Crippen molar-refractivity contribution in [1.29, 1.82) is 0 Å². The Labute approximate surface area is 280 Å². The Bertz CT molecular complexity index is 1440. The zero-order chi connectivity index (χ0) is 34.2. The molecule has 0 radical (unpaired) electrons. The van der Waals surface area contributed by atoms with E-state index in [1.165, 1.54) is 6.42 Å². The van der Waals surface area contributed by atoms with Crippen molar-refractivity contribution in [2.45, 2.75) is 78.3 Å². The molecule has 4 N–H and O–H groups in total. The van der Waals surface area contributed by atoms with E-state index in [-0.39, 0.29) is 30.5 Å². The summed E-state index contributed by atoms with van der Waals surface area (Å²) in [5.41, 5.74) is 4.25. The van der Waals surface area contributed by atoms with Crippen LogP contribution in [0, 0.1) is 29.1 Å². The predicted molar refractivity (Wildman–Crippen MR) is 185 cm³/mol. The topological polar surface area (TPSA) is 115 Å². The van der Waals surface area contributed by atoms with Gasteiger partial charge in [-0.3, -0.25) is 14.4 Å². The van der Waals surface area contributed by atoms with Gasteiger partial charge in [-0.15, -0.1) is 0 Å². The van der Waals surface area contributed by atoms with Crippen molar-refractivity contribution in [3.05, 3.63) is 47.5 Å². The number of nitrogens with one attached hydrogen (secondary N) is 3. The number of ether oxygens (including phenoxy) is 1. The number of para-hydroxylation sites is 1. The smallest absolute Gasteiger partial charge is 0.251 e. The number of nitrogens with zero attached hydrogens (tertiary/aromatic N) is 2. The van der Waals surface area contributed by atoms with E-state index in [0.29, 0.717) is 41.0 Å². The average Bonchev–Trinajstić information content (AvgIpc) is 3.41. The molecule has 258 valence electrons. The first kappa shape index (κ1) is 35.1. The van der Waals surface area contributed by atoms with Crippen LogP contribution in [-0.2, 0) is 16.2 Å². The fourth-order valence-electron chi connectivity index (χ4n) is 8.44. The lowest BCUT2D eigenvalue weighted by molar-refractivity contribution is -0.176. The minimum absolute atomic E-state index is 0.0972. The number of amides is 2. The summed E-state index contributed by atoms with van der Waals surface area (Å²) in [5, 5.41) is 22.3. The third-order valence-electron chi connectivity index (χ3n) is 11.3. The summed E-state index contributed by atoms with van der Waals surface area (Å²) < 4.78 is 6.04. The molecule has 4 aliphatic rings. The van der Waals surface area contributed by atoms with Crippen molar-refractivity contribution in [2.75, 3.05) is 46.2 Å². The highest BCUT2D eigenvalue weighted by molar-refractivity contribution is 5.97. The Kier molecular flexibility index (Phi) is 10.6. The van der Waals surface area contributed by atoms with Crippen molar-refractivity contribution >= 4 is 17.5 Å². The number of methoxy groups -OCH3 is 1. The Morgan fingerprint density at radius 3 is 2.53 bits per heavy atom. The Hall–Kier alpha value is -3.18. The largest absolute Gasteiger partial charge is 0.496 e. The number of hydrogen-bond donors (Lipinski definition) is 4. The van der Waals surface area contributed by atoms with Gasteiger partial charge < -0.3 is 30.7 Å². The van der Waals surface area contributed by atoms with Crippen LogP contribution >= 0.6 is 0 Å². The molecule has 47 heavy (non-hydrogen) atoms. The molecule has 3 saturated carbocycles. The van der Waals surface area contributed by atoms with Crippen molar-refractivity contribution in [2.24, 2.45) is 29.1 Å². The molecule has 1 aliphatic heterocycles. The molecule has 6 rings (SSSR count). The first-order valence-corrected chi connectivity index (χ1v) is 17.2. The second kappa shape index (κ2) is 14.1. The lowest BCUT2D eigenvalue weighted by atomic mass is 9.45. The van der Waals surface area contributed by atoms with Crippen LogP contribution in [0.25, 0.3) is 11.1 Å². The molecule has 0 aromatic heterocycles. The third kappa shape index (κ3) is 6.75. The van der Waals surface area contributed by atoms with Crippen molar-refractivity contribution in [3.63, 3.8) is 0 Å². The molecule has 2 amide bonds. The van der Waals surface area contributed by atoms with Crippen LogP contribution < -0.4 is 25.6 Å². The summed E-state index contributed by atoms with van der Waals surface area (Å²) in [6.07, 6.45) is 1.06. The van der Waals surface area contributed by atoms with Crippen molar-refractivity contribution in [1.82, 2.24) is 21.0 Å². The summed E-state index contributed by atoms with van der Waals surface area (Å²) in [5.74, 6) is 1.52. The first-order chi connectivity index (χ1) is 22.3. The van der Waals surface area contributed by atoms with E-state index in [4.69, 9.17) is 9.57 Å². The van der Waals surface area contributed by atoms with E-state index in [1.807, 2.05) is 62.3 Å². The molecule has 8 atom stereocenters. The number of fused-ring (bicyclic) bond motifs is 2. The third-order valence-corrected chi connectivity index (χ3v) is 11.3.